The summed E-state index contributed by atoms with van der Waals surface area (Å²) in [5.74, 6) is -1.01. The molecule has 1 aromatic carbocycles. The number of hydrogen-bond acceptors (Lipinski definition) is 3. The van der Waals surface area contributed by atoms with Crippen molar-refractivity contribution < 1.29 is 14.7 Å². The minimum atomic E-state index is -0.863. The van der Waals surface area contributed by atoms with Crippen LogP contribution in [0.5, 0.6) is 0 Å². The van der Waals surface area contributed by atoms with Gasteiger partial charge in [-0.05, 0) is 30.7 Å². The molecule has 96 valence electrons. The van der Waals surface area contributed by atoms with Gasteiger partial charge in [0.1, 0.15) is 6.04 Å². The minimum Gasteiger partial charge on any atom is -0.480 e. The van der Waals surface area contributed by atoms with Crippen molar-refractivity contribution in [2.45, 2.75) is 19.4 Å². The monoisotopic (exact) mass is 248 g/mol. The van der Waals surface area contributed by atoms with E-state index in [2.05, 4.69) is 5.32 Å². The van der Waals surface area contributed by atoms with Crippen LogP contribution in [0.15, 0.2) is 18.2 Å². The maximum absolute atomic E-state index is 11.3. The van der Waals surface area contributed by atoms with Gasteiger partial charge in [0.2, 0.25) is 5.91 Å². The van der Waals surface area contributed by atoms with Crippen molar-refractivity contribution in [2.24, 2.45) is 0 Å². The van der Waals surface area contributed by atoms with Gasteiger partial charge in [-0.1, -0.05) is 12.1 Å². The average Bonchev–Trinajstić information content (AvgIpc) is 2.27. The van der Waals surface area contributed by atoms with E-state index < -0.39 is 12.0 Å². The van der Waals surface area contributed by atoms with Gasteiger partial charge in [-0.15, -0.1) is 0 Å². The smallest absolute Gasteiger partial charge is 0.325 e. The third kappa shape index (κ3) is 2.22. The third-order valence-electron chi connectivity index (χ3n) is 3.21. The van der Waals surface area contributed by atoms with E-state index in [9.17, 15) is 14.7 Å². The van der Waals surface area contributed by atoms with Gasteiger partial charge in [0.25, 0.3) is 0 Å². The van der Waals surface area contributed by atoms with Crippen molar-refractivity contribution in [1.82, 2.24) is 4.90 Å². The fourth-order valence-electron chi connectivity index (χ4n) is 2.42. The summed E-state index contributed by atoms with van der Waals surface area (Å²) in [4.78, 5) is 24.3. The fourth-order valence-corrected chi connectivity index (χ4v) is 2.42. The maximum Gasteiger partial charge on any atom is 0.325 e. The Morgan fingerprint density at radius 3 is 2.78 bits per heavy atom. The number of carboxylic acid groups (broad SMARTS) is 1. The standard InChI is InChI=1S/C13H16N2O3/c1-8(16)14-11-5-3-4-10-9(11)6-7-15(2)12(10)13(17)18/h3-5,12H,6-7H2,1-2H3,(H,14,16)(H,17,18). The zero-order chi connectivity index (χ0) is 13.3. The number of carbonyl (C=O) groups is 2. The molecular formula is C13H16N2O3. The second-order valence-corrected chi connectivity index (χ2v) is 4.53. The van der Waals surface area contributed by atoms with Crippen LogP contribution >= 0.6 is 0 Å². The number of aliphatic carboxylic acids is 1. The first kappa shape index (κ1) is 12.6. The second-order valence-electron chi connectivity index (χ2n) is 4.53. The summed E-state index contributed by atoms with van der Waals surface area (Å²) >= 11 is 0. The molecule has 0 spiro atoms. The number of benzene rings is 1. The number of hydrogen-bond donors (Lipinski definition) is 2. The van der Waals surface area contributed by atoms with E-state index >= 15 is 0 Å². The highest BCUT2D eigenvalue weighted by Crippen LogP contribution is 2.33. The van der Waals surface area contributed by atoms with Crippen molar-refractivity contribution in [1.29, 1.82) is 0 Å². The molecule has 0 bridgehead atoms. The molecule has 5 heteroatoms. The average molecular weight is 248 g/mol. The van der Waals surface area contributed by atoms with E-state index in [0.29, 0.717) is 6.54 Å². The minimum absolute atomic E-state index is 0.144. The number of amides is 1. The molecule has 0 radical (unpaired) electrons. The molecule has 2 rings (SSSR count). The normalized spacial score (nSPS) is 19.1. The van der Waals surface area contributed by atoms with E-state index in [1.165, 1.54) is 6.92 Å². The molecule has 0 aromatic heterocycles. The van der Waals surface area contributed by atoms with Gasteiger partial charge in [-0.2, -0.15) is 0 Å². The van der Waals surface area contributed by atoms with Crippen LogP contribution in [0.1, 0.15) is 24.1 Å². The van der Waals surface area contributed by atoms with Crippen LogP contribution in [0.4, 0.5) is 5.69 Å². The molecule has 18 heavy (non-hydrogen) atoms. The van der Waals surface area contributed by atoms with Crippen LogP contribution in [0.25, 0.3) is 0 Å². The quantitative estimate of drug-likeness (QED) is 0.826. The molecule has 1 heterocycles. The first-order chi connectivity index (χ1) is 8.50. The van der Waals surface area contributed by atoms with Gasteiger partial charge in [-0.3, -0.25) is 14.5 Å². The van der Waals surface area contributed by atoms with Crippen molar-refractivity contribution in [2.75, 3.05) is 18.9 Å². The molecule has 0 saturated carbocycles. The number of likely N-dealkylation sites (N-methyl/N-ethyl adjacent to an activating group) is 1. The Hall–Kier alpha value is -1.88. The number of carbonyl (C=O) groups excluding carboxylic acids is 1. The largest absolute Gasteiger partial charge is 0.480 e. The van der Waals surface area contributed by atoms with E-state index in [4.69, 9.17) is 0 Å². The molecular weight excluding hydrogens is 232 g/mol. The summed E-state index contributed by atoms with van der Waals surface area (Å²) in [7, 11) is 1.80. The topological polar surface area (TPSA) is 69.6 Å². The third-order valence-corrected chi connectivity index (χ3v) is 3.21. The number of fused-ring (bicyclic) bond motifs is 1. The summed E-state index contributed by atoms with van der Waals surface area (Å²) < 4.78 is 0. The summed E-state index contributed by atoms with van der Waals surface area (Å²) in [5, 5.41) is 12.1. The van der Waals surface area contributed by atoms with E-state index in [1.54, 1.807) is 13.1 Å². The van der Waals surface area contributed by atoms with Gasteiger partial charge >= 0.3 is 5.97 Å². The molecule has 0 fully saturated rings. The summed E-state index contributed by atoms with van der Waals surface area (Å²) in [6.45, 7) is 2.11. The van der Waals surface area contributed by atoms with Gasteiger partial charge in [0.05, 0.1) is 0 Å². The first-order valence-electron chi connectivity index (χ1n) is 5.83. The first-order valence-corrected chi connectivity index (χ1v) is 5.83. The Balaban J connectivity index is 2.47. The molecule has 1 unspecified atom stereocenters. The summed E-state index contributed by atoms with van der Waals surface area (Å²) in [6, 6.07) is 4.76. The van der Waals surface area contributed by atoms with Crippen molar-refractivity contribution >= 4 is 17.6 Å². The predicted octanol–water partition coefficient (Wildman–Crippen LogP) is 1.26. The van der Waals surface area contributed by atoms with Crippen LogP contribution < -0.4 is 5.32 Å². The Morgan fingerprint density at radius 1 is 1.44 bits per heavy atom. The number of rotatable bonds is 2. The Kier molecular flexibility index (Phi) is 3.34. The second kappa shape index (κ2) is 4.78. The fraction of sp³-hybridized carbons (Fsp3) is 0.385. The molecule has 1 atom stereocenters. The number of nitrogens with one attached hydrogen (secondary N) is 1. The summed E-state index contributed by atoms with van der Waals surface area (Å²) in [5.41, 5.74) is 2.42. The van der Waals surface area contributed by atoms with Crippen molar-refractivity contribution in [3.63, 3.8) is 0 Å². The molecule has 1 aliphatic rings. The lowest BCUT2D eigenvalue weighted by atomic mass is 9.91. The van der Waals surface area contributed by atoms with Gasteiger partial charge in [0, 0.05) is 19.2 Å². The molecule has 0 saturated heterocycles. The molecule has 2 N–H and O–H groups in total. The molecule has 1 aromatic rings. The Labute approximate surface area is 105 Å². The van der Waals surface area contributed by atoms with E-state index in [1.807, 2.05) is 17.0 Å². The molecule has 0 aliphatic carbocycles. The van der Waals surface area contributed by atoms with Gasteiger partial charge < -0.3 is 10.4 Å². The van der Waals surface area contributed by atoms with Crippen LogP contribution in [0.2, 0.25) is 0 Å². The number of anilines is 1. The SMILES string of the molecule is CC(=O)Nc1cccc2c1CCN(C)C2C(=O)O. The lowest BCUT2D eigenvalue weighted by Crippen LogP contribution is -2.37. The summed E-state index contributed by atoms with van der Waals surface area (Å²) in [6.07, 6.45) is 0.742. The lowest BCUT2D eigenvalue weighted by molar-refractivity contribution is -0.143. The molecule has 5 nitrogen and oxygen atoms in total. The maximum atomic E-state index is 11.3. The van der Waals surface area contributed by atoms with Crippen molar-refractivity contribution in [3.8, 4) is 0 Å². The highest BCUT2D eigenvalue weighted by molar-refractivity contribution is 5.90. The van der Waals surface area contributed by atoms with E-state index in [-0.39, 0.29) is 5.91 Å². The van der Waals surface area contributed by atoms with Crippen molar-refractivity contribution in [3.05, 3.63) is 29.3 Å². The van der Waals surface area contributed by atoms with Gasteiger partial charge in [0.15, 0.2) is 0 Å². The molecule has 1 amide bonds. The van der Waals surface area contributed by atoms with Gasteiger partial charge in [-0.25, -0.2) is 0 Å². The number of nitrogens with zero attached hydrogens (tertiary/aromatic N) is 1. The highest BCUT2D eigenvalue weighted by Gasteiger charge is 2.31. The zero-order valence-electron chi connectivity index (χ0n) is 10.4. The zero-order valence-corrected chi connectivity index (χ0v) is 10.4. The van der Waals surface area contributed by atoms with Crippen LogP contribution in [0, 0.1) is 0 Å². The number of carboxylic acids is 1. The highest BCUT2D eigenvalue weighted by atomic mass is 16.4. The van der Waals surface area contributed by atoms with Crippen LogP contribution in [-0.4, -0.2) is 35.5 Å². The predicted molar refractivity (Wildman–Crippen MR) is 67.5 cm³/mol. The lowest BCUT2D eigenvalue weighted by Gasteiger charge is -2.32. The Morgan fingerprint density at radius 2 is 2.17 bits per heavy atom. The molecule has 1 aliphatic heterocycles. The van der Waals surface area contributed by atoms with Crippen LogP contribution in [0.3, 0.4) is 0 Å². The Bertz CT molecular complexity index is 499. The van der Waals surface area contributed by atoms with Crippen LogP contribution in [-0.2, 0) is 16.0 Å². The van der Waals surface area contributed by atoms with E-state index in [0.717, 1.165) is 23.2 Å².